The highest BCUT2D eigenvalue weighted by Gasteiger charge is 2.32. The Labute approximate surface area is 95.4 Å². The SMILES string of the molecule is COC(=O)C(C#N)c1cccc(C(F)(F)F)c1. The minimum absolute atomic E-state index is 0.0332. The first-order chi connectivity index (χ1) is 7.90. The quantitative estimate of drug-likeness (QED) is 0.750. The molecule has 0 saturated heterocycles. The van der Waals surface area contributed by atoms with Crippen LogP contribution in [-0.2, 0) is 15.7 Å². The van der Waals surface area contributed by atoms with Crippen molar-refractivity contribution in [1.82, 2.24) is 0 Å². The highest BCUT2D eigenvalue weighted by atomic mass is 19.4. The summed E-state index contributed by atoms with van der Waals surface area (Å²) < 4.78 is 41.6. The Kier molecular flexibility index (Phi) is 3.73. The Balaban J connectivity index is 3.15. The Morgan fingerprint density at radius 3 is 2.59 bits per heavy atom. The summed E-state index contributed by atoms with van der Waals surface area (Å²) in [5.74, 6) is -2.23. The van der Waals surface area contributed by atoms with Gasteiger partial charge in [-0.25, -0.2) is 0 Å². The topological polar surface area (TPSA) is 50.1 Å². The van der Waals surface area contributed by atoms with Crippen molar-refractivity contribution in [2.45, 2.75) is 12.1 Å². The fourth-order valence-electron chi connectivity index (χ4n) is 1.28. The molecule has 0 bridgehead atoms. The first-order valence-electron chi connectivity index (χ1n) is 4.54. The summed E-state index contributed by atoms with van der Waals surface area (Å²) in [7, 11) is 1.07. The molecule has 90 valence electrons. The number of alkyl halides is 3. The maximum absolute atomic E-state index is 12.4. The van der Waals surface area contributed by atoms with Crippen LogP contribution in [0.3, 0.4) is 0 Å². The Hall–Kier alpha value is -2.03. The Morgan fingerprint density at radius 1 is 1.47 bits per heavy atom. The zero-order valence-corrected chi connectivity index (χ0v) is 8.78. The molecule has 1 aromatic rings. The van der Waals surface area contributed by atoms with Crippen LogP contribution in [0.15, 0.2) is 24.3 Å². The Bertz CT molecular complexity index is 463. The van der Waals surface area contributed by atoms with Crippen LogP contribution >= 0.6 is 0 Å². The number of ether oxygens (including phenoxy) is 1. The van der Waals surface area contributed by atoms with Gasteiger partial charge in [0.2, 0.25) is 0 Å². The van der Waals surface area contributed by atoms with Gasteiger partial charge in [0, 0.05) is 0 Å². The summed E-state index contributed by atoms with van der Waals surface area (Å²) in [6.07, 6.45) is -4.51. The van der Waals surface area contributed by atoms with Crippen LogP contribution in [0, 0.1) is 11.3 Å². The second-order valence-electron chi connectivity index (χ2n) is 3.21. The van der Waals surface area contributed by atoms with Crippen LogP contribution < -0.4 is 0 Å². The maximum Gasteiger partial charge on any atom is 0.416 e. The maximum atomic E-state index is 12.4. The van der Waals surface area contributed by atoms with Gasteiger partial charge in [0.15, 0.2) is 5.92 Å². The molecular formula is C11H8F3NO2. The predicted octanol–water partition coefficient (Wildman–Crippen LogP) is 2.49. The molecule has 17 heavy (non-hydrogen) atoms. The number of nitriles is 1. The summed E-state index contributed by atoms with van der Waals surface area (Å²) in [5.41, 5.74) is -0.937. The van der Waals surface area contributed by atoms with E-state index >= 15 is 0 Å². The van der Waals surface area contributed by atoms with E-state index in [0.717, 1.165) is 25.3 Å². The summed E-state index contributed by atoms with van der Waals surface area (Å²) >= 11 is 0. The largest absolute Gasteiger partial charge is 0.468 e. The van der Waals surface area contributed by atoms with Crippen molar-refractivity contribution in [3.63, 3.8) is 0 Å². The van der Waals surface area contributed by atoms with Gasteiger partial charge in [0.25, 0.3) is 0 Å². The average molecular weight is 243 g/mol. The normalized spacial score (nSPS) is 12.6. The van der Waals surface area contributed by atoms with Crippen LogP contribution in [0.2, 0.25) is 0 Å². The number of methoxy groups -OCH3 is 1. The second-order valence-corrected chi connectivity index (χ2v) is 3.21. The molecule has 0 aromatic heterocycles. The van der Waals surface area contributed by atoms with Gasteiger partial charge in [-0.15, -0.1) is 0 Å². The predicted molar refractivity (Wildman–Crippen MR) is 51.8 cm³/mol. The van der Waals surface area contributed by atoms with Crippen molar-refractivity contribution >= 4 is 5.97 Å². The zero-order chi connectivity index (χ0) is 13.1. The summed E-state index contributed by atoms with van der Waals surface area (Å²) in [4.78, 5) is 11.2. The molecule has 0 aliphatic carbocycles. The average Bonchev–Trinajstić information content (AvgIpc) is 2.29. The molecule has 0 saturated carbocycles. The van der Waals surface area contributed by atoms with Gasteiger partial charge in [0.05, 0.1) is 18.7 Å². The molecule has 1 rings (SSSR count). The molecule has 1 aromatic carbocycles. The van der Waals surface area contributed by atoms with E-state index in [0.29, 0.717) is 0 Å². The standard InChI is InChI=1S/C11H8F3NO2/c1-17-10(16)9(6-15)7-3-2-4-8(5-7)11(12,13)14/h2-5,9H,1H3. The smallest absolute Gasteiger partial charge is 0.416 e. The van der Waals surface area contributed by atoms with E-state index in [4.69, 9.17) is 5.26 Å². The van der Waals surface area contributed by atoms with Gasteiger partial charge < -0.3 is 4.74 Å². The number of hydrogen-bond acceptors (Lipinski definition) is 3. The van der Waals surface area contributed by atoms with Gasteiger partial charge >= 0.3 is 12.1 Å². The van der Waals surface area contributed by atoms with Crippen molar-refractivity contribution in [1.29, 1.82) is 5.26 Å². The summed E-state index contributed by atoms with van der Waals surface area (Å²) in [5, 5.41) is 8.74. The van der Waals surface area contributed by atoms with Crippen LogP contribution in [-0.4, -0.2) is 13.1 Å². The molecule has 0 amide bonds. The van der Waals surface area contributed by atoms with Gasteiger partial charge in [0.1, 0.15) is 0 Å². The van der Waals surface area contributed by atoms with Crippen molar-refractivity contribution in [3.05, 3.63) is 35.4 Å². The molecule has 6 heteroatoms. The Morgan fingerprint density at radius 2 is 2.12 bits per heavy atom. The minimum Gasteiger partial charge on any atom is -0.468 e. The molecule has 0 fully saturated rings. The molecule has 1 atom stereocenters. The van der Waals surface area contributed by atoms with Gasteiger partial charge in [-0.2, -0.15) is 18.4 Å². The minimum atomic E-state index is -4.51. The lowest BCUT2D eigenvalue weighted by atomic mass is 9.98. The van der Waals surface area contributed by atoms with Gasteiger partial charge in [-0.05, 0) is 17.7 Å². The zero-order valence-electron chi connectivity index (χ0n) is 8.78. The lowest BCUT2D eigenvalue weighted by molar-refractivity contribution is -0.141. The highest BCUT2D eigenvalue weighted by Crippen LogP contribution is 2.31. The third-order valence-corrected chi connectivity index (χ3v) is 2.11. The first-order valence-corrected chi connectivity index (χ1v) is 4.54. The molecule has 1 unspecified atom stereocenters. The molecule has 0 aliphatic rings. The van der Waals surface area contributed by atoms with E-state index in [1.54, 1.807) is 6.07 Å². The van der Waals surface area contributed by atoms with Crippen molar-refractivity contribution in [3.8, 4) is 6.07 Å². The number of hydrogen-bond donors (Lipinski definition) is 0. The van der Waals surface area contributed by atoms with Crippen LogP contribution in [0.25, 0.3) is 0 Å². The molecule has 0 N–H and O–H groups in total. The number of benzene rings is 1. The van der Waals surface area contributed by atoms with Crippen LogP contribution in [0.1, 0.15) is 17.0 Å². The van der Waals surface area contributed by atoms with Gasteiger partial charge in [-0.1, -0.05) is 12.1 Å². The van der Waals surface area contributed by atoms with Crippen molar-refractivity contribution in [2.24, 2.45) is 0 Å². The van der Waals surface area contributed by atoms with E-state index in [9.17, 15) is 18.0 Å². The third kappa shape index (κ3) is 2.97. The lowest BCUT2D eigenvalue weighted by Crippen LogP contribution is -2.14. The van der Waals surface area contributed by atoms with Crippen molar-refractivity contribution < 1.29 is 22.7 Å². The fraction of sp³-hybridized carbons (Fsp3) is 0.273. The highest BCUT2D eigenvalue weighted by molar-refractivity contribution is 5.81. The molecule has 0 heterocycles. The molecule has 0 aliphatic heterocycles. The van der Waals surface area contributed by atoms with Crippen LogP contribution in [0.4, 0.5) is 13.2 Å². The number of carbonyl (C=O) groups excluding carboxylic acids is 1. The second kappa shape index (κ2) is 4.87. The lowest BCUT2D eigenvalue weighted by Gasteiger charge is -2.11. The first kappa shape index (κ1) is 13.0. The van der Waals surface area contributed by atoms with E-state index in [2.05, 4.69) is 4.74 Å². The summed E-state index contributed by atoms with van der Waals surface area (Å²) in [6.45, 7) is 0. The van der Waals surface area contributed by atoms with E-state index in [1.807, 2.05) is 0 Å². The fourth-order valence-corrected chi connectivity index (χ4v) is 1.28. The third-order valence-electron chi connectivity index (χ3n) is 2.11. The molecule has 3 nitrogen and oxygen atoms in total. The molecule has 0 radical (unpaired) electrons. The van der Waals surface area contributed by atoms with Crippen LogP contribution in [0.5, 0.6) is 0 Å². The number of nitrogens with zero attached hydrogens (tertiary/aromatic N) is 1. The van der Waals surface area contributed by atoms with E-state index < -0.39 is 23.6 Å². The van der Waals surface area contributed by atoms with Crippen molar-refractivity contribution in [2.75, 3.05) is 7.11 Å². The number of rotatable bonds is 2. The molecular weight excluding hydrogens is 235 g/mol. The van der Waals surface area contributed by atoms with Gasteiger partial charge in [-0.3, -0.25) is 4.79 Å². The van der Waals surface area contributed by atoms with E-state index in [-0.39, 0.29) is 5.56 Å². The number of carbonyl (C=O) groups is 1. The molecule has 0 spiro atoms. The monoisotopic (exact) mass is 243 g/mol. The summed E-state index contributed by atoms with van der Waals surface area (Å²) in [6, 6.07) is 5.67. The van der Waals surface area contributed by atoms with E-state index in [1.165, 1.54) is 6.07 Å². The number of esters is 1. The number of halogens is 3.